The molecule has 0 spiro atoms. The summed E-state index contributed by atoms with van der Waals surface area (Å²) in [5, 5.41) is 7.28. The van der Waals surface area contributed by atoms with Crippen LogP contribution in [0.3, 0.4) is 0 Å². The Bertz CT molecular complexity index is 866. The van der Waals surface area contributed by atoms with Gasteiger partial charge in [0.2, 0.25) is 0 Å². The summed E-state index contributed by atoms with van der Waals surface area (Å²) >= 11 is 0. The first-order valence-electron chi connectivity index (χ1n) is 9.00. The molecule has 146 valence electrons. The number of amides is 1. The molecule has 2 aromatic rings. The Labute approximate surface area is 156 Å². The number of nitrogens with zero attached hydrogens (tertiary/aromatic N) is 5. The highest BCUT2D eigenvalue weighted by Gasteiger charge is 2.27. The van der Waals surface area contributed by atoms with Gasteiger partial charge >= 0.3 is 6.09 Å². The molecule has 2 aromatic heterocycles. The molecule has 1 aliphatic heterocycles. The molecule has 0 aliphatic carbocycles. The van der Waals surface area contributed by atoms with E-state index in [9.17, 15) is 14.1 Å². The van der Waals surface area contributed by atoms with Crippen LogP contribution in [0.5, 0.6) is 0 Å². The lowest BCUT2D eigenvalue weighted by Gasteiger charge is -2.36. The Morgan fingerprint density at radius 1 is 1.30 bits per heavy atom. The largest absolute Gasteiger partial charge is 0.444 e. The molecule has 8 nitrogen and oxygen atoms in total. The Hall–Kier alpha value is -2.71. The summed E-state index contributed by atoms with van der Waals surface area (Å²) in [6.45, 7) is 9.11. The minimum absolute atomic E-state index is 0.242. The first-order chi connectivity index (χ1) is 12.7. The van der Waals surface area contributed by atoms with Crippen molar-refractivity contribution in [3.8, 4) is 0 Å². The van der Waals surface area contributed by atoms with E-state index in [0.717, 1.165) is 0 Å². The number of carbonyl (C=O) groups excluding carboxylic acids is 1. The summed E-state index contributed by atoms with van der Waals surface area (Å²) in [4.78, 5) is 26.8. The number of hydrogen-bond acceptors (Lipinski definition) is 6. The van der Waals surface area contributed by atoms with Gasteiger partial charge in [0.25, 0.3) is 0 Å². The lowest BCUT2D eigenvalue weighted by atomic mass is 10.2. The molecular weight excluding hydrogens is 353 g/mol. The molecule has 0 radical (unpaired) electrons. The third kappa shape index (κ3) is 3.86. The van der Waals surface area contributed by atoms with Crippen LogP contribution < -0.4 is 4.90 Å². The SMILES string of the molecule is CCc1nn2cc(F)c(N3CCN(C(=O)OC(C)(C)C)CC3)cc2c1N=O. The standard InChI is InChI=1S/C18H24FN5O3/c1-5-13-16(21-26)15-10-14(12(19)11-24(15)20-13)22-6-8-23(9-7-22)17(25)27-18(2,3)4/h10-11H,5-9H2,1-4H3. The average Bonchev–Trinajstić information content (AvgIpc) is 2.96. The predicted octanol–water partition coefficient (Wildman–Crippen LogP) is 3.49. The Morgan fingerprint density at radius 2 is 1.96 bits per heavy atom. The molecule has 0 aromatic carbocycles. The quantitative estimate of drug-likeness (QED) is 0.765. The molecule has 1 saturated heterocycles. The second kappa shape index (κ2) is 7.13. The minimum atomic E-state index is -0.553. The zero-order valence-corrected chi connectivity index (χ0v) is 16.0. The molecule has 0 saturated carbocycles. The number of pyridine rings is 1. The van der Waals surface area contributed by atoms with Gasteiger partial charge in [-0.2, -0.15) is 5.10 Å². The van der Waals surface area contributed by atoms with E-state index < -0.39 is 11.4 Å². The van der Waals surface area contributed by atoms with Crippen molar-refractivity contribution in [2.75, 3.05) is 31.1 Å². The van der Waals surface area contributed by atoms with E-state index in [1.165, 1.54) is 10.7 Å². The van der Waals surface area contributed by atoms with Gasteiger partial charge in [-0.1, -0.05) is 6.92 Å². The molecule has 1 amide bonds. The van der Waals surface area contributed by atoms with E-state index in [2.05, 4.69) is 10.3 Å². The molecule has 3 heterocycles. The summed E-state index contributed by atoms with van der Waals surface area (Å²) in [5.41, 5.74) is 1.08. The van der Waals surface area contributed by atoms with Gasteiger partial charge in [0, 0.05) is 26.2 Å². The number of aromatic nitrogens is 2. The highest BCUT2D eigenvalue weighted by atomic mass is 19.1. The summed E-state index contributed by atoms with van der Waals surface area (Å²) in [6, 6.07) is 1.60. The van der Waals surface area contributed by atoms with Gasteiger partial charge < -0.3 is 14.5 Å². The summed E-state index contributed by atoms with van der Waals surface area (Å²) in [5.74, 6) is -0.434. The summed E-state index contributed by atoms with van der Waals surface area (Å²) < 4.78 is 21.3. The number of nitroso groups, excluding NO2 is 1. The lowest BCUT2D eigenvalue weighted by Crippen LogP contribution is -2.50. The first kappa shape index (κ1) is 19.1. The molecule has 9 heteroatoms. The van der Waals surface area contributed by atoms with Gasteiger partial charge in [-0.15, -0.1) is 4.91 Å². The van der Waals surface area contributed by atoms with Crippen LogP contribution in [0, 0.1) is 10.7 Å². The van der Waals surface area contributed by atoms with Gasteiger partial charge in [-0.3, -0.25) is 0 Å². The minimum Gasteiger partial charge on any atom is -0.444 e. The molecule has 0 bridgehead atoms. The predicted molar refractivity (Wildman–Crippen MR) is 100 cm³/mol. The van der Waals surface area contributed by atoms with Crippen molar-refractivity contribution < 1.29 is 13.9 Å². The van der Waals surface area contributed by atoms with Crippen LogP contribution >= 0.6 is 0 Å². The van der Waals surface area contributed by atoms with Crippen molar-refractivity contribution in [2.24, 2.45) is 5.18 Å². The second-order valence-corrected chi connectivity index (χ2v) is 7.53. The summed E-state index contributed by atoms with van der Waals surface area (Å²) in [7, 11) is 0. The Balaban J connectivity index is 1.80. The van der Waals surface area contributed by atoms with Gasteiger partial charge in [0.15, 0.2) is 11.5 Å². The van der Waals surface area contributed by atoms with Crippen LogP contribution in [0.2, 0.25) is 0 Å². The first-order valence-corrected chi connectivity index (χ1v) is 9.00. The fourth-order valence-electron chi connectivity index (χ4n) is 3.13. The number of ether oxygens (including phenoxy) is 1. The third-order valence-corrected chi connectivity index (χ3v) is 4.44. The highest BCUT2D eigenvalue weighted by Crippen LogP contribution is 2.31. The van der Waals surface area contributed by atoms with Gasteiger partial charge in [-0.25, -0.2) is 13.7 Å². The molecule has 3 rings (SSSR count). The van der Waals surface area contributed by atoms with E-state index in [-0.39, 0.29) is 11.8 Å². The summed E-state index contributed by atoms with van der Waals surface area (Å²) in [6.07, 6.45) is 1.43. The third-order valence-electron chi connectivity index (χ3n) is 4.44. The number of hydrogen-bond donors (Lipinski definition) is 0. The van der Waals surface area contributed by atoms with Gasteiger partial charge in [0.1, 0.15) is 5.60 Å². The van der Waals surface area contributed by atoms with E-state index in [0.29, 0.717) is 49.5 Å². The van der Waals surface area contributed by atoms with Crippen LogP contribution in [0.1, 0.15) is 33.4 Å². The molecule has 1 fully saturated rings. The number of piperazine rings is 1. The van der Waals surface area contributed by atoms with Gasteiger partial charge in [0.05, 0.1) is 23.1 Å². The van der Waals surface area contributed by atoms with Crippen LogP contribution in [-0.4, -0.2) is 52.4 Å². The second-order valence-electron chi connectivity index (χ2n) is 7.53. The highest BCUT2D eigenvalue weighted by molar-refractivity contribution is 5.75. The molecule has 0 unspecified atom stereocenters. The maximum Gasteiger partial charge on any atom is 0.410 e. The monoisotopic (exact) mass is 377 g/mol. The Kier molecular flexibility index (Phi) is 5.03. The lowest BCUT2D eigenvalue weighted by molar-refractivity contribution is 0.0240. The van der Waals surface area contributed by atoms with Crippen molar-refractivity contribution in [1.82, 2.24) is 14.5 Å². The van der Waals surface area contributed by atoms with Gasteiger partial charge in [-0.05, 0) is 38.4 Å². The van der Waals surface area contributed by atoms with E-state index >= 15 is 0 Å². The smallest absolute Gasteiger partial charge is 0.410 e. The van der Waals surface area contributed by atoms with Crippen LogP contribution in [0.25, 0.3) is 5.52 Å². The molecule has 0 N–H and O–H groups in total. The number of aryl methyl sites for hydroxylation is 1. The van der Waals surface area contributed by atoms with Crippen LogP contribution in [-0.2, 0) is 11.2 Å². The maximum atomic E-state index is 14.6. The number of halogens is 1. The van der Waals surface area contributed by atoms with Crippen LogP contribution in [0.15, 0.2) is 17.4 Å². The number of fused-ring (bicyclic) bond motifs is 1. The molecule has 1 aliphatic rings. The van der Waals surface area contributed by atoms with Crippen molar-refractivity contribution in [2.45, 2.75) is 39.7 Å². The Morgan fingerprint density at radius 3 is 2.52 bits per heavy atom. The fourth-order valence-corrected chi connectivity index (χ4v) is 3.13. The molecule has 0 atom stereocenters. The van der Waals surface area contributed by atoms with E-state index in [4.69, 9.17) is 4.74 Å². The van der Waals surface area contributed by atoms with Crippen LogP contribution in [0.4, 0.5) is 20.6 Å². The van der Waals surface area contributed by atoms with Crippen molar-refractivity contribution in [3.63, 3.8) is 0 Å². The average molecular weight is 377 g/mol. The maximum absolute atomic E-state index is 14.6. The van der Waals surface area contributed by atoms with Crippen molar-refractivity contribution in [1.29, 1.82) is 0 Å². The zero-order valence-electron chi connectivity index (χ0n) is 16.0. The zero-order chi connectivity index (χ0) is 19.8. The number of anilines is 1. The van der Waals surface area contributed by atoms with Crippen molar-refractivity contribution >= 4 is 23.0 Å². The topological polar surface area (TPSA) is 79.5 Å². The van der Waals surface area contributed by atoms with Crippen molar-refractivity contribution in [3.05, 3.63) is 28.7 Å². The fraction of sp³-hybridized carbons (Fsp3) is 0.556. The number of rotatable bonds is 3. The molecular formula is C18H24FN5O3. The van der Waals surface area contributed by atoms with E-state index in [1.54, 1.807) is 11.0 Å². The number of carbonyl (C=O) groups is 1. The normalized spacial score (nSPS) is 15.3. The van der Waals surface area contributed by atoms with E-state index in [1.807, 2.05) is 32.6 Å². The molecule has 27 heavy (non-hydrogen) atoms.